The van der Waals surface area contributed by atoms with Crippen molar-refractivity contribution in [1.82, 2.24) is 19.2 Å². The van der Waals surface area contributed by atoms with Crippen LogP contribution in [0, 0.1) is 5.92 Å². The van der Waals surface area contributed by atoms with E-state index < -0.39 is 10.0 Å². The van der Waals surface area contributed by atoms with E-state index in [4.69, 9.17) is 0 Å². The highest BCUT2D eigenvalue weighted by Crippen LogP contribution is 2.18. The van der Waals surface area contributed by atoms with Gasteiger partial charge in [0.2, 0.25) is 15.9 Å². The van der Waals surface area contributed by atoms with Crippen LogP contribution >= 0.6 is 0 Å². The number of carbonyl (C=O) groups excluding carboxylic acids is 1. The predicted molar refractivity (Wildman–Crippen MR) is 79.0 cm³/mol. The predicted octanol–water partition coefficient (Wildman–Crippen LogP) is 0.0610. The number of piperidine rings is 1. The number of nitrogens with zero attached hydrogens (tertiary/aromatic N) is 3. The maximum absolute atomic E-state index is 12.1. The first-order valence-electron chi connectivity index (χ1n) is 7.15. The van der Waals surface area contributed by atoms with E-state index in [1.807, 2.05) is 10.8 Å². The second-order valence-electron chi connectivity index (χ2n) is 5.41. The van der Waals surface area contributed by atoms with Crippen molar-refractivity contribution in [1.29, 1.82) is 0 Å². The SMILES string of the molecule is CS(=O)(=O)N1CCC[C@@H](C(=O)NCCCn2ccnc2)C1. The van der Waals surface area contributed by atoms with Gasteiger partial charge in [-0.3, -0.25) is 4.79 Å². The third-order valence-corrected chi connectivity index (χ3v) is 4.95. The lowest BCUT2D eigenvalue weighted by Gasteiger charge is -2.30. The number of amides is 1. The first kappa shape index (κ1) is 16.0. The summed E-state index contributed by atoms with van der Waals surface area (Å²) in [6, 6.07) is 0. The molecule has 1 aromatic heterocycles. The van der Waals surface area contributed by atoms with Crippen LogP contribution in [0.15, 0.2) is 18.7 Å². The standard InChI is InChI=1S/C13H22N4O3S/c1-21(19,20)17-8-2-4-12(10-17)13(18)15-5-3-7-16-9-6-14-11-16/h6,9,11-12H,2-5,7-8,10H2,1H3,(H,15,18)/t12-/m1/s1. The molecule has 2 rings (SSSR count). The zero-order chi connectivity index (χ0) is 15.3. The Morgan fingerprint density at radius 1 is 1.48 bits per heavy atom. The zero-order valence-corrected chi connectivity index (χ0v) is 13.1. The number of hydrogen-bond acceptors (Lipinski definition) is 4. The third-order valence-electron chi connectivity index (χ3n) is 3.68. The van der Waals surface area contributed by atoms with Crippen LogP contribution in [0.4, 0.5) is 0 Å². The summed E-state index contributed by atoms with van der Waals surface area (Å²) in [5.74, 6) is -0.282. The van der Waals surface area contributed by atoms with Gasteiger partial charge >= 0.3 is 0 Å². The van der Waals surface area contributed by atoms with E-state index in [1.54, 1.807) is 12.5 Å². The Morgan fingerprint density at radius 2 is 2.29 bits per heavy atom. The van der Waals surface area contributed by atoms with Gasteiger partial charge in [-0.05, 0) is 19.3 Å². The molecule has 118 valence electrons. The number of carbonyl (C=O) groups is 1. The maximum Gasteiger partial charge on any atom is 0.224 e. The lowest BCUT2D eigenvalue weighted by Crippen LogP contribution is -2.45. The van der Waals surface area contributed by atoms with Crippen LogP contribution in [0.2, 0.25) is 0 Å². The fraction of sp³-hybridized carbons (Fsp3) is 0.692. The Hall–Kier alpha value is -1.41. The molecule has 2 heterocycles. The van der Waals surface area contributed by atoms with Gasteiger partial charge in [0.25, 0.3) is 0 Å². The fourth-order valence-corrected chi connectivity index (χ4v) is 3.41. The van der Waals surface area contributed by atoms with Gasteiger partial charge in [-0.1, -0.05) is 0 Å². The molecule has 0 spiro atoms. The van der Waals surface area contributed by atoms with Crippen molar-refractivity contribution in [3.8, 4) is 0 Å². The Balaban J connectivity index is 1.72. The van der Waals surface area contributed by atoms with Crippen molar-refractivity contribution in [3.63, 3.8) is 0 Å². The van der Waals surface area contributed by atoms with E-state index in [2.05, 4.69) is 10.3 Å². The number of rotatable bonds is 6. The maximum atomic E-state index is 12.1. The van der Waals surface area contributed by atoms with Crippen LogP contribution in [0.1, 0.15) is 19.3 Å². The van der Waals surface area contributed by atoms with Gasteiger partial charge < -0.3 is 9.88 Å². The van der Waals surface area contributed by atoms with Crippen molar-refractivity contribution >= 4 is 15.9 Å². The van der Waals surface area contributed by atoms with Crippen molar-refractivity contribution < 1.29 is 13.2 Å². The molecule has 1 amide bonds. The largest absolute Gasteiger partial charge is 0.356 e. The molecule has 7 nitrogen and oxygen atoms in total. The molecule has 1 atom stereocenters. The molecule has 21 heavy (non-hydrogen) atoms. The summed E-state index contributed by atoms with van der Waals surface area (Å²) in [7, 11) is -3.20. The number of imidazole rings is 1. The minimum absolute atomic E-state index is 0.0472. The van der Waals surface area contributed by atoms with Crippen LogP contribution in [-0.4, -0.2) is 54.1 Å². The van der Waals surface area contributed by atoms with Crippen molar-refractivity contribution in [3.05, 3.63) is 18.7 Å². The van der Waals surface area contributed by atoms with Crippen LogP contribution in [0.3, 0.4) is 0 Å². The number of hydrogen-bond donors (Lipinski definition) is 1. The Kier molecular flexibility index (Phi) is 5.35. The van der Waals surface area contributed by atoms with E-state index in [0.29, 0.717) is 19.6 Å². The quantitative estimate of drug-likeness (QED) is 0.753. The number of sulfonamides is 1. The molecule has 1 aliphatic heterocycles. The van der Waals surface area contributed by atoms with Gasteiger partial charge in [-0.15, -0.1) is 0 Å². The summed E-state index contributed by atoms with van der Waals surface area (Å²) in [4.78, 5) is 16.0. The lowest BCUT2D eigenvalue weighted by atomic mass is 9.99. The van der Waals surface area contributed by atoms with E-state index in [-0.39, 0.29) is 11.8 Å². The molecule has 0 aliphatic carbocycles. The molecule has 0 saturated carbocycles. The summed E-state index contributed by atoms with van der Waals surface area (Å²) in [5.41, 5.74) is 0. The Labute approximate surface area is 125 Å². The van der Waals surface area contributed by atoms with Crippen LogP contribution in [0.5, 0.6) is 0 Å². The van der Waals surface area contributed by atoms with Gasteiger partial charge in [-0.2, -0.15) is 0 Å². The molecule has 0 bridgehead atoms. The second-order valence-corrected chi connectivity index (χ2v) is 7.39. The molecule has 1 saturated heterocycles. The van der Waals surface area contributed by atoms with Gasteiger partial charge in [0.05, 0.1) is 18.5 Å². The summed E-state index contributed by atoms with van der Waals surface area (Å²) in [6.45, 7) is 2.21. The van der Waals surface area contributed by atoms with Gasteiger partial charge in [0.1, 0.15) is 0 Å². The minimum Gasteiger partial charge on any atom is -0.356 e. The highest BCUT2D eigenvalue weighted by molar-refractivity contribution is 7.88. The van der Waals surface area contributed by atoms with Crippen LogP contribution < -0.4 is 5.32 Å². The normalized spacial score (nSPS) is 20.3. The molecule has 1 fully saturated rings. The van der Waals surface area contributed by atoms with E-state index in [1.165, 1.54) is 10.6 Å². The first-order valence-corrected chi connectivity index (χ1v) is 9.00. The average molecular weight is 314 g/mol. The molecule has 1 aromatic rings. The van der Waals surface area contributed by atoms with Gasteiger partial charge in [0, 0.05) is 38.6 Å². The van der Waals surface area contributed by atoms with Gasteiger partial charge in [0.15, 0.2) is 0 Å². The highest BCUT2D eigenvalue weighted by Gasteiger charge is 2.29. The molecule has 0 aromatic carbocycles. The highest BCUT2D eigenvalue weighted by atomic mass is 32.2. The van der Waals surface area contributed by atoms with Crippen molar-refractivity contribution in [2.24, 2.45) is 5.92 Å². The summed E-state index contributed by atoms with van der Waals surface area (Å²) >= 11 is 0. The fourth-order valence-electron chi connectivity index (χ4n) is 2.49. The topological polar surface area (TPSA) is 84.3 Å². The summed E-state index contributed by atoms with van der Waals surface area (Å²) in [6.07, 6.45) is 8.85. The first-order chi connectivity index (χ1) is 9.97. The zero-order valence-electron chi connectivity index (χ0n) is 12.2. The second kappa shape index (κ2) is 7.04. The van der Waals surface area contributed by atoms with Gasteiger partial charge in [-0.25, -0.2) is 17.7 Å². The van der Waals surface area contributed by atoms with E-state index in [0.717, 1.165) is 25.8 Å². The number of nitrogens with one attached hydrogen (secondary N) is 1. The molecule has 8 heteroatoms. The number of aromatic nitrogens is 2. The minimum atomic E-state index is -3.20. The average Bonchev–Trinajstić information content (AvgIpc) is 2.96. The molecular weight excluding hydrogens is 292 g/mol. The van der Waals surface area contributed by atoms with Crippen LogP contribution in [-0.2, 0) is 21.4 Å². The van der Waals surface area contributed by atoms with Crippen LogP contribution in [0.25, 0.3) is 0 Å². The van der Waals surface area contributed by atoms with Crippen molar-refractivity contribution in [2.75, 3.05) is 25.9 Å². The third kappa shape index (κ3) is 4.82. The summed E-state index contributed by atoms with van der Waals surface area (Å²) < 4.78 is 26.4. The molecule has 0 radical (unpaired) electrons. The molecule has 1 N–H and O–H groups in total. The molecule has 1 aliphatic rings. The summed E-state index contributed by atoms with van der Waals surface area (Å²) in [5, 5.41) is 2.89. The molecule has 0 unspecified atom stereocenters. The van der Waals surface area contributed by atoms with E-state index in [9.17, 15) is 13.2 Å². The number of aryl methyl sites for hydroxylation is 1. The Morgan fingerprint density at radius 3 is 2.95 bits per heavy atom. The van der Waals surface area contributed by atoms with Crippen molar-refractivity contribution in [2.45, 2.75) is 25.8 Å². The van der Waals surface area contributed by atoms with E-state index >= 15 is 0 Å². The lowest BCUT2D eigenvalue weighted by molar-refractivity contribution is -0.126. The Bertz CT molecular complexity index is 556. The smallest absolute Gasteiger partial charge is 0.224 e. The molecular formula is C13H22N4O3S. The monoisotopic (exact) mass is 314 g/mol.